The van der Waals surface area contributed by atoms with Crippen LogP contribution in [-0.2, 0) is 4.79 Å². The number of urea groups is 1. The van der Waals surface area contributed by atoms with Crippen molar-refractivity contribution in [3.63, 3.8) is 0 Å². The molecule has 1 aromatic carbocycles. The molecule has 0 fully saturated rings. The number of aliphatic carboxylic acids is 1. The topological polar surface area (TPSA) is 91.3 Å². The Balaban J connectivity index is 2.10. The van der Waals surface area contributed by atoms with Gasteiger partial charge in [0.1, 0.15) is 12.1 Å². The number of rotatable bonds is 3. The van der Waals surface area contributed by atoms with E-state index in [0.717, 1.165) is 4.70 Å². The van der Waals surface area contributed by atoms with Crippen molar-refractivity contribution < 1.29 is 14.7 Å². The predicted octanol–water partition coefficient (Wildman–Crippen LogP) is 2.16. The fraction of sp³-hybridized carbons (Fsp3) is 0.100. The summed E-state index contributed by atoms with van der Waals surface area (Å²) < 4.78 is 0.844. The van der Waals surface area contributed by atoms with Gasteiger partial charge in [-0.25, -0.2) is 9.78 Å². The van der Waals surface area contributed by atoms with Crippen molar-refractivity contribution in [2.45, 2.75) is 0 Å². The minimum absolute atomic E-state index is 0.362. The molecule has 1 aromatic heterocycles. The Labute approximate surface area is 111 Å². The van der Waals surface area contributed by atoms with Gasteiger partial charge in [0.2, 0.25) is 0 Å². The number of aromatic nitrogens is 1. The zero-order valence-electron chi connectivity index (χ0n) is 8.94. The second-order valence-corrected chi connectivity index (χ2v) is 4.74. The lowest BCUT2D eigenvalue weighted by Crippen LogP contribution is -2.33. The second-order valence-electron chi connectivity index (χ2n) is 3.31. The number of para-hydroxylation sites is 1. The zero-order valence-corrected chi connectivity index (χ0v) is 10.5. The van der Waals surface area contributed by atoms with Gasteiger partial charge >= 0.3 is 12.0 Å². The van der Waals surface area contributed by atoms with Crippen LogP contribution in [0.15, 0.2) is 18.2 Å². The molecule has 8 heteroatoms. The van der Waals surface area contributed by atoms with Gasteiger partial charge in [0.05, 0.1) is 9.72 Å². The number of fused-ring (bicyclic) bond motifs is 1. The number of anilines is 1. The van der Waals surface area contributed by atoms with Gasteiger partial charge < -0.3 is 10.4 Å². The number of hydrogen-bond donors (Lipinski definition) is 3. The Morgan fingerprint density at radius 2 is 2.22 bits per heavy atom. The van der Waals surface area contributed by atoms with E-state index in [1.165, 1.54) is 11.3 Å². The highest BCUT2D eigenvalue weighted by Crippen LogP contribution is 2.30. The number of hydrogen-bond acceptors (Lipinski definition) is 4. The minimum atomic E-state index is -1.11. The predicted molar refractivity (Wildman–Crippen MR) is 69.3 cm³/mol. The van der Waals surface area contributed by atoms with Gasteiger partial charge in [-0.05, 0) is 12.1 Å². The highest BCUT2D eigenvalue weighted by molar-refractivity contribution is 7.22. The summed E-state index contributed by atoms with van der Waals surface area (Å²) in [6, 6.07) is 4.71. The number of carboxylic acid groups (broad SMARTS) is 1. The largest absolute Gasteiger partial charge is 0.480 e. The second kappa shape index (κ2) is 5.19. The average Bonchev–Trinajstić information content (AvgIpc) is 2.70. The van der Waals surface area contributed by atoms with E-state index in [-0.39, 0.29) is 0 Å². The van der Waals surface area contributed by atoms with E-state index in [4.69, 9.17) is 16.7 Å². The van der Waals surface area contributed by atoms with Gasteiger partial charge in [0, 0.05) is 0 Å². The standard InChI is InChI=1S/C10H8ClN3O3S/c11-5-2-1-3-6-8(5)13-10(18-6)14-9(17)12-4-7(15)16/h1-3H,4H2,(H,15,16)(H2,12,13,14,17). The average molecular weight is 286 g/mol. The van der Waals surface area contributed by atoms with E-state index in [9.17, 15) is 9.59 Å². The van der Waals surface area contributed by atoms with Gasteiger partial charge in [0.25, 0.3) is 0 Å². The summed E-state index contributed by atoms with van der Waals surface area (Å²) in [5, 5.41) is 13.9. The molecule has 1 heterocycles. The Hall–Kier alpha value is -1.86. The highest BCUT2D eigenvalue weighted by atomic mass is 35.5. The third-order valence-electron chi connectivity index (χ3n) is 1.99. The molecule has 0 unspecified atom stereocenters. The Morgan fingerprint density at radius 3 is 2.89 bits per heavy atom. The van der Waals surface area contributed by atoms with E-state index in [1.54, 1.807) is 12.1 Å². The molecule has 0 aliphatic carbocycles. The van der Waals surface area contributed by atoms with Crippen LogP contribution in [0.5, 0.6) is 0 Å². The number of nitrogens with zero attached hydrogens (tertiary/aromatic N) is 1. The molecule has 2 amide bonds. The monoisotopic (exact) mass is 285 g/mol. The van der Waals surface area contributed by atoms with Crippen LogP contribution in [0.2, 0.25) is 5.02 Å². The van der Waals surface area contributed by atoms with Crippen LogP contribution in [0.25, 0.3) is 10.2 Å². The maximum atomic E-state index is 11.3. The van der Waals surface area contributed by atoms with E-state index >= 15 is 0 Å². The molecule has 0 aliphatic rings. The van der Waals surface area contributed by atoms with E-state index in [0.29, 0.717) is 15.7 Å². The van der Waals surface area contributed by atoms with Gasteiger partial charge in [-0.15, -0.1) is 0 Å². The van der Waals surface area contributed by atoms with E-state index in [1.807, 2.05) is 6.07 Å². The van der Waals surface area contributed by atoms with Crippen LogP contribution in [0, 0.1) is 0 Å². The molecule has 94 valence electrons. The number of carbonyl (C=O) groups is 2. The van der Waals surface area contributed by atoms with Crippen molar-refractivity contribution in [1.29, 1.82) is 0 Å². The first-order valence-corrected chi connectivity index (χ1v) is 6.07. The molecule has 0 saturated heterocycles. The van der Waals surface area contributed by atoms with Gasteiger partial charge in [-0.3, -0.25) is 10.1 Å². The van der Waals surface area contributed by atoms with Crippen LogP contribution >= 0.6 is 22.9 Å². The molecule has 0 bridgehead atoms. The first-order valence-electron chi connectivity index (χ1n) is 4.88. The SMILES string of the molecule is O=C(O)CNC(=O)Nc1nc2c(Cl)cccc2s1. The highest BCUT2D eigenvalue weighted by Gasteiger charge is 2.10. The van der Waals surface area contributed by atoms with Crippen LogP contribution in [0.3, 0.4) is 0 Å². The number of carbonyl (C=O) groups excluding carboxylic acids is 1. The number of carboxylic acids is 1. The van der Waals surface area contributed by atoms with Crippen LogP contribution < -0.4 is 10.6 Å². The van der Waals surface area contributed by atoms with Crippen molar-refractivity contribution in [1.82, 2.24) is 10.3 Å². The van der Waals surface area contributed by atoms with Crippen molar-refractivity contribution in [2.24, 2.45) is 0 Å². The molecule has 2 rings (SSSR count). The molecule has 0 saturated carbocycles. The Morgan fingerprint density at radius 1 is 1.44 bits per heavy atom. The number of nitrogens with one attached hydrogen (secondary N) is 2. The Kier molecular flexibility index (Phi) is 3.63. The molecule has 6 nitrogen and oxygen atoms in total. The summed E-state index contributed by atoms with van der Waals surface area (Å²) in [6.07, 6.45) is 0. The van der Waals surface area contributed by atoms with Crippen molar-refractivity contribution in [3.05, 3.63) is 23.2 Å². The quantitative estimate of drug-likeness (QED) is 0.806. The van der Waals surface area contributed by atoms with Crippen molar-refractivity contribution >= 4 is 50.3 Å². The third kappa shape index (κ3) is 2.88. The summed E-state index contributed by atoms with van der Waals surface area (Å²) in [6.45, 7) is -0.447. The lowest BCUT2D eigenvalue weighted by atomic mass is 10.3. The number of benzene rings is 1. The molecule has 0 aliphatic heterocycles. The van der Waals surface area contributed by atoms with E-state index in [2.05, 4.69) is 15.6 Å². The molecule has 2 aromatic rings. The fourth-order valence-corrected chi connectivity index (χ4v) is 2.43. The van der Waals surface area contributed by atoms with Crippen LogP contribution in [0.1, 0.15) is 0 Å². The molecule has 0 radical (unpaired) electrons. The van der Waals surface area contributed by atoms with Crippen LogP contribution in [0.4, 0.5) is 9.93 Å². The summed E-state index contributed by atoms with van der Waals surface area (Å²) >= 11 is 7.21. The summed E-state index contributed by atoms with van der Waals surface area (Å²) in [4.78, 5) is 25.7. The maximum absolute atomic E-state index is 11.3. The normalized spacial score (nSPS) is 10.3. The first kappa shape index (κ1) is 12.6. The van der Waals surface area contributed by atoms with Crippen LogP contribution in [-0.4, -0.2) is 28.6 Å². The molecule has 3 N–H and O–H groups in total. The maximum Gasteiger partial charge on any atom is 0.323 e. The minimum Gasteiger partial charge on any atom is -0.480 e. The summed E-state index contributed by atoms with van der Waals surface area (Å²) in [5.74, 6) is -1.11. The smallest absolute Gasteiger partial charge is 0.323 e. The van der Waals surface area contributed by atoms with E-state index < -0.39 is 18.5 Å². The molecular weight excluding hydrogens is 278 g/mol. The molecule has 18 heavy (non-hydrogen) atoms. The Bertz CT molecular complexity index is 613. The summed E-state index contributed by atoms with van der Waals surface area (Å²) in [7, 11) is 0. The lowest BCUT2D eigenvalue weighted by Gasteiger charge is -2.01. The number of amides is 2. The molecule has 0 atom stereocenters. The number of thiazole rings is 1. The van der Waals surface area contributed by atoms with Crippen molar-refractivity contribution in [2.75, 3.05) is 11.9 Å². The molecule has 0 spiro atoms. The van der Waals surface area contributed by atoms with Gasteiger partial charge in [-0.2, -0.15) is 0 Å². The third-order valence-corrected chi connectivity index (χ3v) is 3.23. The number of halogens is 1. The fourth-order valence-electron chi connectivity index (χ4n) is 1.27. The van der Waals surface area contributed by atoms with Gasteiger partial charge in [0.15, 0.2) is 5.13 Å². The lowest BCUT2D eigenvalue weighted by molar-refractivity contribution is -0.135. The first-order chi connectivity index (χ1) is 8.56. The molecular formula is C10H8ClN3O3S. The zero-order chi connectivity index (χ0) is 13.1. The van der Waals surface area contributed by atoms with Crippen molar-refractivity contribution in [3.8, 4) is 0 Å². The summed E-state index contributed by atoms with van der Waals surface area (Å²) in [5.41, 5.74) is 0.609. The van der Waals surface area contributed by atoms with Gasteiger partial charge in [-0.1, -0.05) is 29.0 Å².